The standard InChI is InChI=1S/C26H28ClF3N6O/c27-21-6-5-18(13-20(21)26(28,29)30)25(37)8-11-35(12-9-25)14-16-1-3-17(4-2-16)22-23-19-7-10-31-24(19)32-15-36(23)34-33-22/h5-7,10,13,15-17,31,37H,1-4,8-9,11-12,14H2. The van der Waals surface area contributed by atoms with Gasteiger partial charge in [-0.3, -0.25) is 0 Å². The lowest BCUT2D eigenvalue weighted by atomic mass is 9.79. The molecule has 0 amide bonds. The monoisotopic (exact) mass is 532 g/mol. The fourth-order valence-electron chi connectivity index (χ4n) is 6.10. The Bertz CT molecular complexity index is 1420. The second kappa shape index (κ2) is 9.25. The summed E-state index contributed by atoms with van der Waals surface area (Å²) in [5, 5.41) is 20.7. The zero-order chi connectivity index (χ0) is 25.8. The molecule has 37 heavy (non-hydrogen) atoms. The van der Waals surface area contributed by atoms with Crippen LogP contribution < -0.4 is 0 Å². The number of nitrogens with one attached hydrogen (secondary N) is 1. The highest BCUT2D eigenvalue weighted by Crippen LogP contribution is 2.41. The van der Waals surface area contributed by atoms with Gasteiger partial charge in [-0.15, -0.1) is 5.10 Å². The fraction of sp³-hybridized carbons (Fsp3) is 0.500. The summed E-state index contributed by atoms with van der Waals surface area (Å²) in [6, 6.07) is 5.77. The average Bonchev–Trinajstić information content (AvgIpc) is 3.52. The zero-order valence-electron chi connectivity index (χ0n) is 20.2. The number of aromatic amines is 1. The predicted molar refractivity (Wildman–Crippen MR) is 133 cm³/mol. The molecular weight excluding hydrogens is 505 g/mol. The molecular formula is C26H28ClF3N6O. The quantitative estimate of drug-likeness (QED) is 0.361. The van der Waals surface area contributed by atoms with Gasteiger partial charge in [0.05, 0.1) is 21.9 Å². The van der Waals surface area contributed by atoms with E-state index in [1.165, 1.54) is 12.1 Å². The van der Waals surface area contributed by atoms with Gasteiger partial charge in [0.2, 0.25) is 0 Å². The molecule has 2 fully saturated rings. The molecule has 4 heterocycles. The Balaban J connectivity index is 1.07. The number of alkyl halides is 3. The van der Waals surface area contributed by atoms with E-state index >= 15 is 0 Å². The van der Waals surface area contributed by atoms with Gasteiger partial charge in [-0.1, -0.05) is 22.9 Å². The van der Waals surface area contributed by atoms with Crippen molar-refractivity contribution < 1.29 is 18.3 Å². The number of fused-ring (bicyclic) bond motifs is 3. The van der Waals surface area contributed by atoms with Crippen LogP contribution in [0.2, 0.25) is 5.02 Å². The number of hydrogen-bond acceptors (Lipinski definition) is 5. The van der Waals surface area contributed by atoms with Crippen LogP contribution in [0.1, 0.15) is 61.3 Å². The number of likely N-dealkylation sites (tertiary alicyclic amines) is 1. The van der Waals surface area contributed by atoms with Crippen molar-refractivity contribution in [2.75, 3.05) is 19.6 Å². The first-order valence-electron chi connectivity index (χ1n) is 12.7. The topological polar surface area (TPSA) is 82.3 Å². The van der Waals surface area contributed by atoms with E-state index in [2.05, 4.69) is 25.2 Å². The lowest BCUT2D eigenvalue weighted by Gasteiger charge is -2.41. The van der Waals surface area contributed by atoms with Gasteiger partial charge < -0.3 is 15.0 Å². The average molecular weight is 533 g/mol. The number of nitrogens with zero attached hydrogens (tertiary/aromatic N) is 5. The minimum atomic E-state index is -4.55. The van der Waals surface area contributed by atoms with Crippen LogP contribution in [0.3, 0.4) is 0 Å². The highest BCUT2D eigenvalue weighted by molar-refractivity contribution is 6.31. The third-order valence-electron chi connectivity index (χ3n) is 8.24. The summed E-state index contributed by atoms with van der Waals surface area (Å²) in [6.45, 7) is 2.23. The highest BCUT2D eigenvalue weighted by Gasteiger charge is 2.39. The van der Waals surface area contributed by atoms with E-state index < -0.39 is 17.3 Å². The van der Waals surface area contributed by atoms with Gasteiger partial charge in [-0.25, -0.2) is 9.50 Å². The molecule has 0 unspecified atom stereocenters. The van der Waals surface area contributed by atoms with Gasteiger partial charge in [0, 0.05) is 37.1 Å². The highest BCUT2D eigenvalue weighted by atomic mass is 35.5. The summed E-state index contributed by atoms with van der Waals surface area (Å²) in [5.41, 5.74) is 1.02. The summed E-state index contributed by atoms with van der Waals surface area (Å²) in [6.07, 6.45) is 4.06. The van der Waals surface area contributed by atoms with Crippen molar-refractivity contribution in [3.63, 3.8) is 0 Å². The van der Waals surface area contributed by atoms with Crippen LogP contribution in [0.4, 0.5) is 13.2 Å². The maximum Gasteiger partial charge on any atom is 0.417 e. The van der Waals surface area contributed by atoms with Crippen LogP contribution in [0, 0.1) is 5.92 Å². The number of hydrogen-bond donors (Lipinski definition) is 2. The van der Waals surface area contributed by atoms with Crippen LogP contribution >= 0.6 is 11.6 Å². The molecule has 0 radical (unpaired) electrons. The summed E-state index contributed by atoms with van der Waals surface area (Å²) in [5.74, 6) is 0.902. The molecule has 0 spiro atoms. The van der Waals surface area contributed by atoms with E-state index in [-0.39, 0.29) is 10.6 Å². The molecule has 7 nitrogen and oxygen atoms in total. The van der Waals surface area contributed by atoms with Gasteiger partial charge in [-0.2, -0.15) is 13.2 Å². The number of H-pyrrole nitrogens is 1. The van der Waals surface area contributed by atoms with Crippen LogP contribution in [-0.4, -0.2) is 54.4 Å². The van der Waals surface area contributed by atoms with E-state index in [4.69, 9.17) is 11.6 Å². The number of aromatic nitrogens is 5. The van der Waals surface area contributed by atoms with Crippen LogP contribution in [0.25, 0.3) is 16.6 Å². The van der Waals surface area contributed by atoms with Crippen molar-refractivity contribution in [3.05, 3.63) is 58.6 Å². The first-order chi connectivity index (χ1) is 17.7. The van der Waals surface area contributed by atoms with Gasteiger partial charge in [0.15, 0.2) is 0 Å². The van der Waals surface area contributed by atoms with Gasteiger partial charge >= 0.3 is 6.18 Å². The Morgan fingerprint density at radius 1 is 1.11 bits per heavy atom. The predicted octanol–water partition coefficient (Wildman–Crippen LogP) is 5.54. The zero-order valence-corrected chi connectivity index (χ0v) is 20.9. The van der Waals surface area contributed by atoms with Crippen molar-refractivity contribution >= 4 is 28.2 Å². The fourth-order valence-corrected chi connectivity index (χ4v) is 6.33. The molecule has 1 aromatic carbocycles. The molecule has 2 aliphatic rings. The number of benzene rings is 1. The maximum atomic E-state index is 13.3. The van der Waals surface area contributed by atoms with E-state index in [1.807, 2.05) is 12.3 Å². The minimum absolute atomic E-state index is 0.289. The van der Waals surface area contributed by atoms with Gasteiger partial charge in [-0.05, 0) is 68.2 Å². The van der Waals surface area contributed by atoms with Gasteiger partial charge in [0.1, 0.15) is 17.5 Å². The first kappa shape index (κ1) is 24.6. The summed E-state index contributed by atoms with van der Waals surface area (Å²) in [7, 11) is 0. The van der Waals surface area contributed by atoms with Crippen molar-refractivity contribution in [2.24, 2.45) is 5.92 Å². The summed E-state index contributed by atoms with van der Waals surface area (Å²) >= 11 is 5.77. The lowest BCUT2D eigenvalue weighted by Crippen LogP contribution is -2.44. The molecule has 1 aliphatic carbocycles. The van der Waals surface area contributed by atoms with E-state index in [0.29, 0.717) is 37.8 Å². The first-order valence-corrected chi connectivity index (χ1v) is 13.1. The molecule has 3 aromatic heterocycles. The van der Waals surface area contributed by atoms with Crippen molar-refractivity contribution in [3.8, 4) is 0 Å². The van der Waals surface area contributed by atoms with Crippen molar-refractivity contribution in [1.82, 2.24) is 29.7 Å². The smallest absolute Gasteiger partial charge is 0.385 e. The Kier molecular flexibility index (Phi) is 6.16. The lowest BCUT2D eigenvalue weighted by molar-refractivity contribution is -0.137. The van der Waals surface area contributed by atoms with Gasteiger partial charge in [0.25, 0.3) is 0 Å². The number of halogens is 4. The molecule has 0 atom stereocenters. The molecule has 11 heteroatoms. The third-order valence-corrected chi connectivity index (χ3v) is 8.57. The van der Waals surface area contributed by atoms with Crippen LogP contribution in [0.5, 0.6) is 0 Å². The molecule has 6 rings (SSSR count). The SMILES string of the molecule is OC1(c2ccc(Cl)c(C(F)(F)F)c2)CCN(CC2CCC(c3nnn4cnc5[nH]ccc5c34)CC2)CC1. The summed E-state index contributed by atoms with van der Waals surface area (Å²) in [4.78, 5) is 9.87. The van der Waals surface area contributed by atoms with Crippen LogP contribution in [0.15, 0.2) is 36.8 Å². The Labute approximate surface area is 216 Å². The second-order valence-corrected chi connectivity index (χ2v) is 10.9. The Morgan fingerprint density at radius 3 is 2.59 bits per heavy atom. The Morgan fingerprint density at radius 2 is 1.86 bits per heavy atom. The second-order valence-electron chi connectivity index (χ2n) is 10.5. The molecule has 2 N–H and O–H groups in total. The van der Waals surface area contributed by atoms with E-state index in [0.717, 1.165) is 60.5 Å². The third kappa shape index (κ3) is 4.59. The molecule has 0 bridgehead atoms. The van der Waals surface area contributed by atoms with E-state index in [9.17, 15) is 18.3 Å². The van der Waals surface area contributed by atoms with Crippen molar-refractivity contribution in [2.45, 2.75) is 56.2 Å². The molecule has 196 valence electrons. The molecule has 1 saturated heterocycles. The van der Waals surface area contributed by atoms with E-state index in [1.54, 1.807) is 10.8 Å². The maximum absolute atomic E-state index is 13.3. The number of aliphatic hydroxyl groups is 1. The summed E-state index contributed by atoms with van der Waals surface area (Å²) < 4.78 is 41.7. The minimum Gasteiger partial charge on any atom is -0.385 e. The molecule has 4 aromatic rings. The largest absolute Gasteiger partial charge is 0.417 e. The molecule has 1 saturated carbocycles. The van der Waals surface area contributed by atoms with Crippen molar-refractivity contribution in [1.29, 1.82) is 0 Å². The Hall–Kier alpha value is -2.69. The molecule has 1 aliphatic heterocycles. The normalized spacial score (nSPS) is 23.2. The number of piperidine rings is 1. The number of rotatable bonds is 4. The van der Waals surface area contributed by atoms with Crippen LogP contribution in [-0.2, 0) is 11.8 Å².